The van der Waals surface area contributed by atoms with Gasteiger partial charge in [0.2, 0.25) is 0 Å². The topological polar surface area (TPSA) is 67.9 Å². The first kappa shape index (κ1) is 15.9. The van der Waals surface area contributed by atoms with Crippen LogP contribution in [-0.4, -0.2) is 48.0 Å². The summed E-state index contributed by atoms with van der Waals surface area (Å²) in [7, 11) is 0. The molecular formula is C17H24N3O3+. The van der Waals surface area contributed by atoms with Crippen LogP contribution in [-0.2, 0) is 0 Å². The van der Waals surface area contributed by atoms with Crippen LogP contribution in [0.25, 0.3) is 0 Å². The second kappa shape index (κ2) is 7.08. The van der Waals surface area contributed by atoms with Crippen molar-refractivity contribution < 1.29 is 14.6 Å². The Balaban J connectivity index is 1.59. The van der Waals surface area contributed by atoms with E-state index >= 15 is 0 Å². The van der Waals surface area contributed by atoms with E-state index in [2.05, 4.69) is 0 Å². The first-order valence-corrected chi connectivity index (χ1v) is 8.53. The normalized spacial score (nSPS) is 20.4. The van der Waals surface area contributed by atoms with Gasteiger partial charge in [0, 0.05) is 17.7 Å². The Bertz CT molecular complexity index is 576. The lowest BCUT2D eigenvalue weighted by Gasteiger charge is -2.38. The van der Waals surface area contributed by atoms with E-state index in [1.54, 1.807) is 17.0 Å². The van der Waals surface area contributed by atoms with Gasteiger partial charge < -0.3 is 9.80 Å². The average Bonchev–Trinajstić information content (AvgIpc) is 2.62. The van der Waals surface area contributed by atoms with Gasteiger partial charge in [-0.05, 0) is 31.7 Å². The van der Waals surface area contributed by atoms with E-state index in [4.69, 9.17) is 0 Å². The molecule has 0 spiro atoms. The van der Waals surface area contributed by atoms with Crippen LogP contribution in [0, 0.1) is 10.1 Å². The molecule has 0 radical (unpaired) electrons. The summed E-state index contributed by atoms with van der Waals surface area (Å²) in [6.07, 6.45) is 6.67. The quantitative estimate of drug-likeness (QED) is 0.674. The second-order valence-electron chi connectivity index (χ2n) is 6.59. The highest BCUT2D eigenvalue weighted by molar-refractivity contribution is 5.94. The molecule has 1 aromatic rings. The maximum atomic E-state index is 12.6. The number of nitrogens with one attached hydrogen (secondary N) is 1. The predicted molar refractivity (Wildman–Crippen MR) is 86.6 cm³/mol. The number of benzene rings is 1. The fraction of sp³-hybridized carbons (Fsp3) is 0.588. The lowest BCUT2D eigenvalue weighted by atomic mass is 9.94. The smallest absolute Gasteiger partial charge is 0.270 e. The van der Waals surface area contributed by atoms with Crippen molar-refractivity contribution in [3.63, 3.8) is 0 Å². The molecule has 3 rings (SSSR count). The van der Waals surface area contributed by atoms with Gasteiger partial charge in [-0.1, -0.05) is 12.5 Å². The summed E-state index contributed by atoms with van der Waals surface area (Å²) in [6.45, 7) is 3.47. The molecule has 2 fully saturated rings. The SMILES string of the molecule is O=C(c1cccc([N+](=O)[O-])c1)N1CC[NH+](C2CCCCC2)CC1. The predicted octanol–water partition coefficient (Wildman–Crippen LogP) is 1.27. The fourth-order valence-corrected chi connectivity index (χ4v) is 3.85. The van der Waals surface area contributed by atoms with Crippen LogP contribution in [0.4, 0.5) is 5.69 Å². The van der Waals surface area contributed by atoms with Crippen molar-refractivity contribution >= 4 is 11.6 Å². The number of rotatable bonds is 3. The van der Waals surface area contributed by atoms with Crippen molar-refractivity contribution in [2.45, 2.75) is 38.1 Å². The molecule has 124 valence electrons. The third-order valence-corrected chi connectivity index (χ3v) is 5.18. The summed E-state index contributed by atoms with van der Waals surface area (Å²) < 4.78 is 0. The van der Waals surface area contributed by atoms with Gasteiger partial charge in [-0.25, -0.2) is 0 Å². The number of non-ortho nitro benzene ring substituents is 1. The second-order valence-corrected chi connectivity index (χ2v) is 6.59. The molecule has 1 aliphatic carbocycles. The van der Waals surface area contributed by atoms with Crippen LogP contribution in [0.15, 0.2) is 24.3 Å². The van der Waals surface area contributed by atoms with Gasteiger partial charge in [0.25, 0.3) is 11.6 Å². The summed E-state index contributed by atoms with van der Waals surface area (Å²) in [5.41, 5.74) is 0.391. The molecule has 0 unspecified atom stereocenters. The Morgan fingerprint density at radius 2 is 1.87 bits per heavy atom. The first-order chi connectivity index (χ1) is 11.1. The molecule has 6 nitrogen and oxygen atoms in total. The fourth-order valence-electron chi connectivity index (χ4n) is 3.85. The molecule has 0 bridgehead atoms. The summed E-state index contributed by atoms with van der Waals surface area (Å²) in [4.78, 5) is 26.4. The molecule has 1 amide bonds. The van der Waals surface area contributed by atoms with E-state index in [0.29, 0.717) is 5.56 Å². The number of hydrogen-bond acceptors (Lipinski definition) is 3. The van der Waals surface area contributed by atoms with Gasteiger partial charge in [-0.3, -0.25) is 14.9 Å². The summed E-state index contributed by atoms with van der Waals surface area (Å²) in [5.74, 6) is -0.0867. The number of quaternary nitrogens is 1. The Hall–Kier alpha value is -1.95. The summed E-state index contributed by atoms with van der Waals surface area (Å²) in [6, 6.07) is 6.80. The Morgan fingerprint density at radius 1 is 1.17 bits per heavy atom. The van der Waals surface area contributed by atoms with E-state index in [-0.39, 0.29) is 11.6 Å². The van der Waals surface area contributed by atoms with Gasteiger partial charge in [0.05, 0.1) is 37.1 Å². The average molecular weight is 318 g/mol. The minimum Gasteiger partial charge on any atom is -0.330 e. The lowest BCUT2D eigenvalue weighted by Crippen LogP contribution is -3.18. The van der Waals surface area contributed by atoms with Crippen LogP contribution in [0.1, 0.15) is 42.5 Å². The van der Waals surface area contributed by atoms with Crippen LogP contribution in [0.2, 0.25) is 0 Å². The van der Waals surface area contributed by atoms with Gasteiger partial charge in [-0.15, -0.1) is 0 Å². The molecule has 1 heterocycles. The number of nitro groups is 1. The molecule has 1 saturated heterocycles. The van der Waals surface area contributed by atoms with Crippen LogP contribution < -0.4 is 4.90 Å². The Labute approximate surface area is 136 Å². The maximum Gasteiger partial charge on any atom is 0.270 e. The molecule has 0 atom stereocenters. The van der Waals surface area contributed by atoms with Crippen molar-refractivity contribution in [1.29, 1.82) is 0 Å². The number of piperazine rings is 1. The molecule has 23 heavy (non-hydrogen) atoms. The monoisotopic (exact) mass is 318 g/mol. The van der Waals surface area contributed by atoms with Gasteiger partial charge >= 0.3 is 0 Å². The molecule has 0 aromatic heterocycles. The van der Waals surface area contributed by atoms with Gasteiger partial charge in [0.15, 0.2) is 0 Å². The van der Waals surface area contributed by atoms with Gasteiger partial charge in [0.1, 0.15) is 0 Å². The number of carbonyl (C=O) groups is 1. The molecule has 1 saturated carbocycles. The largest absolute Gasteiger partial charge is 0.330 e. The Kier molecular flexibility index (Phi) is 4.91. The minimum atomic E-state index is -0.456. The Morgan fingerprint density at radius 3 is 2.52 bits per heavy atom. The number of carbonyl (C=O) groups excluding carboxylic acids is 1. The van der Waals surface area contributed by atoms with Crippen molar-refractivity contribution in [3.05, 3.63) is 39.9 Å². The summed E-state index contributed by atoms with van der Waals surface area (Å²) in [5, 5.41) is 10.8. The zero-order valence-corrected chi connectivity index (χ0v) is 13.4. The molecule has 1 N–H and O–H groups in total. The number of amides is 1. The van der Waals surface area contributed by atoms with Gasteiger partial charge in [-0.2, -0.15) is 0 Å². The van der Waals surface area contributed by atoms with Crippen molar-refractivity contribution in [2.75, 3.05) is 26.2 Å². The van der Waals surface area contributed by atoms with Crippen LogP contribution in [0.3, 0.4) is 0 Å². The third kappa shape index (κ3) is 3.69. The van der Waals surface area contributed by atoms with Crippen molar-refractivity contribution in [1.82, 2.24) is 4.90 Å². The zero-order chi connectivity index (χ0) is 16.2. The first-order valence-electron chi connectivity index (χ1n) is 8.53. The molecule has 1 aliphatic heterocycles. The zero-order valence-electron chi connectivity index (χ0n) is 13.4. The van der Waals surface area contributed by atoms with E-state index < -0.39 is 4.92 Å². The van der Waals surface area contributed by atoms with Crippen molar-refractivity contribution in [3.8, 4) is 0 Å². The molecule has 6 heteroatoms. The van der Waals surface area contributed by atoms with E-state index in [1.165, 1.54) is 44.2 Å². The number of nitro benzene ring substituents is 1. The van der Waals surface area contributed by atoms with E-state index in [0.717, 1.165) is 32.2 Å². The molecular weight excluding hydrogens is 294 g/mol. The highest BCUT2D eigenvalue weighted by Gasteiger charge is 2.30. The van der Waals surface area contributed by atoms with Crippen LogP contribution in [0.5, 0.6) is 0 Å². The van der Waals surface area contributed by atoms with E-state index in [1.807, 2.05) is 4.90 Å². The standard InChI is InChI=1S/C17H23N3O3/c21-17(14-5-4-8-16(13-14)20(22)23)19-11-9-18(10-12-19)15-6-2-1-3-7-15/h4-5,8,13,15H,1-3,6-7,9-12H2/p+1. The highest BCUT2D eigenvalue weighted by Crippen LogP contribution is 2.17. The maximum absolute atomic E-state index is 12.6. The number of hydrogen-bond donors (Lipinski definition) is 1. The third-order valence-electron chi connectivity index (χ3n) is 5.18. The van der Waals surface area contributed by atoms with E-state index in [9.17, 15) is 14.9 Å². The lowest BCUT2D eigenvalue weighted by molar-refractivity contribution is -0.930. The van der Waals surface area contributed by atoms with Crippen molar-refractivity contribution in [2.24, 2.45) is 0 Å². The molecule has 2 aliphatic rings. The summed E-state index contributed by atoms with van der Waals surface area (Å²) >= 11 is 0. The van der Waals surface area contributed by atoms with Crippen LogP contribution >= 0.6 is 0 Å². The minimum absolute atomic E-state index is 0.0256. The highest BCUT2D eigenvalue weighted by atomic mass is 16.6. The number of nitrogens with zero attached hydrogens (tertiary/aromatic N) is 2. The molecule has 1 aromatic carbocycles.